The average Bonchev–Trinajstić information content (AvgIpc) is 2.05. The van der Waals surface area contributed by atoms with Crippen LogP contribution in [0.1, 0.15) is 25.0 Å². The molecule has 1 heterocycles. The molecule has 0 aliphatic carbocycles. The third-order valence-electron chi connectivity index (χ3n) is 1.67. The summed E-state index contributed by atoms with van der Waals surface area (Å²) in [5.74, 6) is -0.795. The zero-order valence-corrected chi connectivity index (χ0v) is 8.40. The van der Waals surface area contributed by atoms with Gasteiger partial charge in [0.05, 0.1) is 6.42 Å². The van der Waals surface area contributed by atoms with E-state index in [1.54, 1.807) is 6.20 Å². The Bertz CT molecular complexity index is 264. The first-order valence-corrected chi connectivity index (χ1v) is 3.83. The van der Waals surface area contributed by atoms with Crippen LogP contribution in [0.3, 0.4) is 0 Å². The molecule has 1 N–H and O–H groups in total. The van der Waals surface area contributed by atoms with Gasteiger partial charge in [-0.1, -0.05) is 13.0 Å². The number of carboxylic acids is 1. The maximum absolute atomic E-state index is 10.4. The van der Waals surface area contributed by atoms with E-state index < -0.39 is 5.97 Å². The van der Waals surface area contributed by atoms with E-state index in [2.05, 4.69) is 4.98 Å². The Balaban J connectivity index is 0.00000144. The molecule has 0 spiro atoms. The first kappa shape index (κ1) is 12.0. The highest BCUT2D eigenvalue weighted by Gasteiger charge is 2.09. The summed E-state index contributed by atoms with van der Waals surface area (Å²) in [5, 5.41) is 8.52. The van der Waals surface area contributed by atoms with Gasteiger partial charge in [-0.05, 0) is 12.1 Å². The molecule has 0 saturated heterocycles. The first-order chi connectivity index (χ1) is 5.70. The number of hydrogen-bond donors (Lipinski definition) is 1. The zero-order valence-electron chi connectivity index (χ0n) is 7.40. The predicted octanol–water partition coefficient (Wildman–Crippen LogP) is 1.77. The van der Waals surface area contributed by atoms with Crippen LogP contribution < -0.4 is 0 Å². The number of aromatic nitrogens is 1. The Hall–Kier alpha value is -1.03. The minimum absolute atomic E-state index is 0. The molecule has 13 heavy (non-hydrogen) atoms. The Labute approximate surface area is 84.3 Å². The number of hydrogen-bond acceptors (Lipinski definition) is 2. The fourth-order valence-corrected chi connectivity index (χ4v) is 1.03. The lowest BCUT2D eigenvalue weighted by atomic mass is 10.0. The predicted molar refractivity (Wildman–Crippen MR) is 55.3 cm³/mol. The summed E-state index contributed by atoms with van der Waals surface area (Å²) in [5.41, 5.74) is 0.833. The van der Waals surface area contributed by atoms with Crippen LogP contribution in [-0.4, -0.2) is 16.1 Å². The van der Waals surface area contributed by atoms with Crippen LogP contribution in [0.25, 0.3) is 0 Å². The SMILES string of the molecule is C[C@@H](CC(=O)O)c1ccccn1.S. The van der Waals surface area contributed by atoms with Crippen molar-refractivity contribution in [3.63, 3.8) is 0 Å². The van der Waals surface area contributed by atoms with Gasteiger partial charge in [-0.15, -0.1) is 0 Å². The fraction of sp³-hybridized carbons (Fsp3) is 0.333. The fourth-order valence-electron chi connectivity index (χ4n) is 1.03. The number of carbonyl (C=O) groups is 1. The normalized spacial score (nSPS) is 11.5. The highest BCUT2D eigenvalue weighted by Crippen LogP contribution is 2.15. The smallest absolute Gasteiger partial charge is 0.304 e. The monoisotopic (exact) mass is 199 g/mol. The van der Waals surface area contributed by atoms with Gasteiger partial charge in [0.15, 0.2) is 0 Å². The van der Waals surface area contributed by atoms with Crippen molar-refractivity contribution >= 4 is 19.5 Å². The second-order valence-electron chi connectivity index (χ2n) is 2.75. The van der Waals surface area contributed by atoms with Crippen LogP contribution >= 0.6 is 13.5 Å². The van der Waals surface area contributed by atoms with Gasteiger partial charge in [-0.25, -0.2) is 0 Å². The van der Waals surface area contributed by atoms with Gasteiger partial charge in [0.2, 0.25) is 0 Å². The lowest BCUT2D eigenvalue weighted by Crippen LogP contribution is -2.03. The Morgan fingerprint density at radius 2 is 2.31 bits per heavy atom. The van der Waals surface area contributed by atoms with Gasteiger partial charge in [0, 0.05) is 17.8 Å². The van der Waals surface area contributed by atoms with Gasteiger partial charge in [0.1, 0.15) is 0 Å². The summed E-state index contributed by atoms with van der Waals surface area (Å²) in [4.78, 5) is 14.4. The van der Waals surface area contributed by atoms with Crippen molar-refractivity contribution in [3.05, 3.63) is 30.1 Å². The summed E-state index contributed by atoms with van der Waals surface area (Å²) >= 11 is 0. The molecule has 3 nitrogen and oxygen atoms in total. The van der Waals surface area contributed by atoms with Crippen molar-refractivity contribution in [2.75, 3.05) is 0 Å². The van der Waals surface area contributed by atoms with Crippen molar-refractivity contribution in [2.24, 2.45) is 0 Å². The van der Waals surface area contributed by atoms with Gasteiger partial charge in [0.25, 0.3) is 0 Å². The van der Waals surface area contributed by atoms with Gasteiger partial charge in [-0.2, -0.15) is 13.5 Å². The Morgan fingerprint density at radius 1 is 1.62 bits per heavy atom. The molecule has 1 aromatic rings. The summed E-state index contributed by atoms with van der Waals surface area (Å²) in [6, 6.07) is 5.52. The van der Waals surface area contributed by atoms with Crippen molar-refractivity contribution in [1.29, 1.82) is 0 Å². The number of carboxylic acid groups (broad SMARTS) is 1. The van der Waals surface area contributed by atoms with E-state index in [0.29, 0.717) is 0 Å². The maximum atomic E-state index is 10.4. The summed E-state index contributed by atoms with van der Waals surface area (Å²) in [6.45, 7) is 1.86. The Morgan fingerprint density at radius 3 is 2.77 bits per heavy atom. The quantitative estimate of drug-likeness (QED) is 0.807. The molecule has 0 aliphatic heterocycles. The van der Waals surface area contributed by atoms with E-state index in [-0.39, 0.29) is 25.8 Å². The van der Waals surface area contributed by atoms with E-state index in [1.807, 2.05) is 25.1 Å². The lowest BCUT2D eigenvalue weighted by molar-refractivity contribution is -0.137. The molecule has 1 aromatic heterocycles. The van der Waals surface area contributed by atoms with Gasteiger partial charge < -0.3 is 5.11 Å². The highest BCUT2D eigenvalue weighted by atomic mass is 32.1. The standard InChI is InChI=1S/C9H11NO2.H2S/c1-7(6-9(11)12)8-4-2-3-5-10-8;/h2-5,7H,6H2,1H3,(H,11,12);1H2/t7-;/m0./s1. The van der Waals surface area contributed by atoms with Crippen molar-refractivity contribution in [3.8, 4) is 0 Å². The minimum atomic E-state index is -0.784. The lowest BCUT2D eigenvalue weighted by Gasteiger charge is -2.06. The first-order valence-electron chi connectivity index (χ1n) is 3.83. The third kappa shape index (κ3) is 3.94. The van der Waals surface area contributed by atoms with Crippen LogP contribution in [-0.2, 0) is 4.79 Å². The van der Waals surface area contributed by atoms with Crippen LogP contribution in [0.4, 0.5) is 0 Å². The Kier molecular flexibility index (Phi) is 5.14. The van der Waals surface area contributed by atoms with Crippen molar-refractivity contribution in [1.82, 2.24) is 4.98 Å². The molecule has 0 aliphatic rings. The molecule has 0 amide bonds. The van der Waals surface area contributed by atoms with E-state index >= 15 is 0 Å². The van der Waals surface area contributed by atoms with Crippen LogP contribution in [0.5, 0.6) is 0 Å². The second-order valence-corrected chi connectivity index (χ2v) is 2.75. The topological polar surface area (TPSA) is 50.2 Å². The molecule has 1 rings (SSSR count). The number of nitrogens with zero attached hydrogens (tertiary/aromatic N) is 1. The zero-order chi connectivity index (χ0) is 8.97. The summed E-state index contributed by atoms with van der Waals surface area (Å²) in [6.07, 6.45) is 1.81. The summed E-state index contributed by atoms with van der Waals surface area (Å²) < 4.78 is 0. The third-order valence-corrected chi connectivity index (χ3v) is 1.67. The summed E-state index contributed by atoms with van der Waals surface area (Å²) in [7, 11) is 0. The van der Waals surface area contributed by atoms with E-state index in [9.17, 15) is 4.79 Å². The average molecular weight is 199 g/mol. The van der Waals surface area contributed by atoms with Crippen LogP contribution in [0, 0.1) is 0 Å². The minimum Gasteiger partial charge on any atom is -0.481 e. The molecular weight excluding hydrogens is 186 g/mol. The van der Waals surface area contributed by atoms with E-state index in [1.165, 1.54) is 0 Å². The molecule has 0 radical (unpaired) electrons. The molecule has 0 unspecified atom stereocenters. The number of rotatable bonds is 3. The molecule has 0 fully saturated rings. The number of aliphatic carboxylic acids is 1. The maximum Gasteiger partial charge on any atom is 0.304 e. The van der Waals surface area contributed by atoms with E-state index in [4.69, 9.17) is 5.11 Å². The van der Waals surface area contributed by atoms with Crippen LogP contribution in [0.15, 0.2) is 24.4 Å². The van der Waals surface area contributed by atoms with Gasteiger partial charge >= 0.3 is 5.97 Å². The van der Waals surface area contributed by atoms with E-state index in [0.717, 1.165) is 5.69 Å². The van der Waals surface area contributed by atoms with Crippen molar-refractivity contribution < 1.29 is 9.90 Å². The molecule has 0 aromatic carbocycles. The van der Waals surface area contributed by atoms with Crippen molar-refractivity contribution in [2.45, 2.75) is 19.3 Å². The molecule has 0 saturated carbocycles. The molecule has 0 bridgehead atoms. The van der Waals surface area contributed by atoms with Gasteiger partial charge in [-0.3, -0.25) is 9.78 Å². The molecule has 1 atom stereocenters. The molecule has 4 heteroatoms. The molecule has 72 valence electrons. The highest BCUT2D eigenvalue weighted by molar-refractivity contribution is 7.59. The largest absolute Gasteiger partial charge is 0.481 e. The molecular formula is C9H13NO2S. The number of pyridine rings is 1. The second kappa shape index (κ2) is 5.59. The van der Waals surface area contributed by atoms with Crippen LogP contribution in [0.2, 0.25) is 0 Å².